The van der Waals surface area contributed by atoms with E-state index in [2.05, 4.69) is 5.32 Å². The third-order valence-corrected chi connectivity index (χ3v) is 6.09. The number of rotatable bonds is 5. The van der Waals surface area contributed by atoms with Crippen molar-refractivity contribution in [3.8, 4) is 0 Å². The molecule has 4 nitrogen and oxygen atoms in total. The molecule has 2 aliphatic rings. The Balaban J connectivity index is 1.29. The van der Waals surface area contributed by atoms with Gasteiger partial charge in [-0.1, -0.05) is 24.3 Å². The fourth-order valence-electron chi connectivity index (χ4n) is 4.10. The Bertz CT molecular complexity index is 884. The Labute approximate surface area is 168 Å². The van der Waals surface area contributed by atoms with E-state index in [4.69, 9.17) is 0 Å². The van der Waals surface area contributed by atoms with E-state index in [-0.39, 0.29) is 29.4 Å². The second kappa shape index (κ2) is 7.93. The molecule has 1 N–H and O–H groups in total. The predicted octanol–water partition coefficient (Wildman–Crippen LogP) is 3.55. The smallest absolute Gasteiger partial charge is 0.233 e. The number of hydrogen-bond acceptors (Lipinski definition) is 2. The van der Waals surface area contributed by atoms with Gasteiger partial charge in [-0.25, -0.2) is 8.78 Å². The third-order valence-electron chi connectivity index (χ3n) is 6.09. The SMILES string of the molecule is O=C(NCc1ccc(F)cc1)C1CCN(C(=O)C2(c3ccc(F)cc3)CC2)CC1. The van der Waals surface area contributed by atoms with Gasteiger partial charge in [-0.3, -0.25) is 9.59 Å². The number of halogens is 2. The molecule has 1 aliphatic heterocycles. The van der Waals surface area contributed by atoms with Crippen LogP contribution >= 0.6 is 0 Å². The van der Waals surface area contributed by atoms with Crippen LogP contribution in [-0.4, -0.2) is 29.8 Å². The Morgan fingerprint density at radius 3 is 2.03 bits per heavy atom. The monoisotopic (exact) mass is 398 g/mol. The molecule has 1 saturated heterocycles. The van der Waals surface area contributed by atoms with Crippen LogP contribution in [0, 0.1) is 17.6 Å². The Hall–Kier alpha value is -2.76. The summed E-state index contributed by atoms with van der Waals surface area (Å²) in [6, 6.07) is 12.3. The van der Waals surface area contributed by atoms with Crippen molar-refractivity contribution in [3.63, 3.8) is 0 Å². The summed E-state index contributed by atoms with van der Waals surface area (Å²) < 4.78 is 26.2. The maximum atomic E-state index is 13.2. The zero-order chi connectivity index (χ0) is 20.4. The van der Waals surface area contributed by atoms with Gasteiger partial charge in [-0.2, -0.15) is 0 Å². The number of amides is 2. The quantitative estimate of drug-likeness (QED) is 0.837. The van der Waals surface area contributed by atoms with Crippen LogP contribution in [0.2, 0.25) is 0 Å². The minimum Gasteiger partial charge on any atom is -0.352 e. The molecule has 2 amide bonds. The topological polar surface area (TPSA) is 49.4 Å². The van der Waals surface area contributed by atoms with Gasteiger partial charge in [-0.15, -0.1) is 0 Å². The van der Waals surface area contributed by atoms with Crippen LogP contribution < -0.4 is 5.32 Å². The number of carbonyl (C=O) groups excluding carboxylic acids is 2. The average molecular weight is 398 g/mol. The van der Waals surface area contributed by atoms with Crippen LogP contribution in [0.3, 0.4) is 0 Å². The first-order chi connectivity index (χ1) is 14.0. The molecule has 0 unspecified atom stereocenters. The lowest BCUT2D eigenvalue weighted by Gasteiger charge is -2.34. The highest BCUT2D eigenvalue weighted by Crippen LogP contribution is 2.50. The molecular formula is C23H24F2N2O2. The van der Waals surface area contributed by atoms with E-state index in [0.717, 1.165) is 24.0 Å². The molecule has 6 heteroatoms. The number of likely N-dealkylation sites (tertiary alicyclic amines) is 1. The van der Waals surface area contributed by atoms with E-state index in [0.29, 0.717) is 32.5 Å². The summed E-state index contributed by atoms with van der Waals surface area (Å²) in [5.74, 6) is -0.661. The summed E-state index contributed by atoms with van der Waals surface area (Å²) in [7, 11) is 0. The first-order valence-electron chi connectivity index (χ1n) is 10.1. The lowest BCUT2D eigenvalue weighted by Crippen LogP contribution is -2.46. The van der Waals surface area contributed by atoms with Crippen molar-refractivity contribution < 1.29 is 18.4 Å². The van der Waals surface area contributed by atoms with Crippen molar-refractivity contribution in [2.45, 2.75) is 37.6 Å². The van der Waals surface area contributed by atoms with Crippen molar-refractivity contribution in [1.82, 2.24) is 10.2 Å². The summed E-state index contributed by atoms with van der Waals surface area (Å²) in [5, 5.41) is 2.91. The van der Waals surface area contributed by atoms with Gasteiger partial charge in [0, 0.05) is 25.6 Å². The lowest BCUT2D eigenvalue weighted by atomic mass is 9.91. The van der Waals surface area contributed by atoms with Crippen molar-refractivity contribution in [2.75, 3.05) is 13.1 Å². The van der Waals surface area contributed by atoms with Crippen LogP contribution in [0.1, 0.15) is 36.8 Å². The minimum absolute atomic E-state index is 0.0268. The molecule has 1 heterocycles. The first-order valence-corrected chi connectivity index (χ1v) is 10.1. The molecule has 0 atom stereocenters. The van der Waals surface area contributed by atoms with Crippen molar-refractivity contribution in [3.05, 3.63) is 71.3 Å². The Morgan fingerprint density at radius 1 is 0.931 bits per heavy atom. The Kier molecular flexibility index (Phi) is 5.35. The van der Waals surface area contributed by atoms with Gasteiger partial charge in [0.1, 0.15) is 11.6 Å². The summed E-state index contributed by atoms with van der Waals surface area (Å²) in [5.41, 5.74) is 1.22. The van der Waals surface area contributed by atoms with E-state index < -0.39 is 5.41 Å². The minimum atomic E-state index is -0.509. The zero-order valence-corrected chi connectivity index (χ0v) is 16.2. The predicted molar refractivity (Wildman–Crippen MR) is 105 cm³/mol. The number of benzene rings is 2. The highest BCUT2D eigenvalue weighted by atomic mass is 19.1. The molecule has 1 aliphatic carbocycles. The van der Waals surface area contributed by atoms with Gasteiger partial charge < -0.3 is 10.2 Å². The van der Waals surface area contributed by atoms with E-state index >= 15 is 0 Å². The van der Waals surface area contributed by atoms with Crippen LogP contribution in [0.4, 0.5) is 8.78 Å². The lowest BCUT2D eigenvalue weighted by molar-refractivity contribution is -0.137. The van der Waals surface area contributed by atoms with E-state index in [9.17, 15) is 18.4 Å². The largest absolute Gasteiger partial charge is 0.352 e. The van der Waals surface area contributed by atoms with E-state index in [1.165, 1.54) is 24.3 Å². The number of hydrogen-bond donors (Lipinski definition) is 1. The highest BCUT2D eigenvalue weighted by Gasteiger charge is 2.53. The molecule has 0 spiro atoms. The second-order valence-corrected chi connectivity index (χ2v) is 8.00. The van der Waals surface area contributed by atoms with Gasteiger partial charge in [-0.05, 0) is 61.1 Å². The maximum absolute atomic E-state index is 13.2. The van der Waals surface area contributed by atoms with Gasteiger partial charge in [0.25, 0.3) is 0 Å². The molecular weight excluding hydrogens is 374 g/mol. The highest BCUT2D eigenvalue weighted by molar-refractivity contribution is 5.91. The van der Waals surface area contributed by atoms with Crippen molar-refractivity contribution in [1.29, 1.82) is 0 Å². The van der Waals surface area contributed by atoms with Crippen molar-refractivity contribution >= 4 is 11.8 Å². The summed E-state index contributed by atoms with van der Waals surface area (Å²) >= 11 is 0. The van der Waals surface area contributed by atoms with Crippen LogP contribution in [0.5, 0.6) is 0 Å². The fourth-order valence-corrected chi connectivity index (χ4v) is 4.10. The third kappa shape index (κ3) is 4.16. The van der Waals surface area contributed by atoms with Gasteiger partial charge in [0.05, 0.1) is 5.41 Å². The normalized spacial score (nSPS) is 18.3. The molecule has 0 aromatic heterocycles. The molecule has 29 heavy (non-hydrogen) atoms. The molecule has 1 saturated carbocycles. The fraction of sp³-hybridized carbons (Fsp3) is 0.391. The zero-order valence-electron chi connectivity index (χ0n) is 16.2. The van der Waals surface area contributed by atoms with Gasteiger partial charge in [0.15, 0.2) is 0 Å². The molecule has 4 rings (SSSR count). The number of piperidine rings is 1. The molecule has 0 bridgehead atoms. The van der Waals surface area contributed by atoms with Crippen molar-refractivity contribution in [2.24, 2.45) is 5.92 Å². The van der Waals surface area contributed by atoms with E-state index in [1.807, 2.05) is 4.90 Å². The average Bonchev–Trinajstić information content (AvgIpc) is 3.55. The molecule has 2 aromatic carbocycles. The number of carbonyl (C=O) groups is 2. The molecule has 2 aromatic rings. The summed E-state index contributed by atoms with van der Waals surface area (Å²) in [4.78, 5) is 27.4. The Morgan fingerprint density at radius 2 is 1.48 bits per heavy atom. The van der Waals surface area contributed by atoms with Gasteiger partial charge in [0.2, 0.25) is 11.8 Å². The second-order valence-electron chi connectivity index (χ2n) is 8.00. The van der Waals surface area contributed by atoms with E-state index in [1.54, 1.807) is 24.3 Å². The van der Waals surface area contributed by atoms with Crippen LogP contribution in [0.25, 0.3) is 0 Å². The molecule has 2 fully saturated rings. The van der Waals surface area contributed by atoms with Gasteiger partial charge >= 0.3 is 0 Å². The summed E-state index contributed by atoms with van der Waals surface area (Å²) in [6.07, 6.45) is 2.83. The maximum Gasteiger partial charge on any atom is 0.233 e. The van der Waals surface area contributed by atoms with Crippen LogP contribution in [-0.2, 0) is 21.5 Å². The standard InChI is InChI=1S/C23H24F2N2O2/c24-19-5-1-16(2-6-19)15-26-21(28)17-9-13-27(14-10-17)22(29)23(11-12-23)18-3-7-20(25)8-4-18/h1-8,17H,9-15H2,(H,26,28). The van der Waals surface area contributed by atoms with Crippen LogP contribution in [0.15, 0.2) is 48.5 Å². The first kappa shape index (κ1) is 19.6. The number of nitrogens with one attached hydrogen (secondary N) is 1. The number of nitrogens with zero attached hydrogens (tertiary/aromatic N) is 1. The molecule has 152 valence electrons. The molecule has 0 radical (unpaired) electrons. The summed E-state index contributed by atoms with van der Waals surface area (Å²) in [6.45, 7) is 1.47.